The molecule has 6 nitrogen and oxygen atoms in total. The molecule has 0 unspecified atom stereocenters. The summed E-state index contributed by atoms with van der Waals surface area (Å²) in [5.74, 6) is -0.603. The quantitative estimate of drug-likeness (QED) is 0.298. The van der Waals surface area contributed by atoms with Crippen LogP contribution in [-0.2, 0) is 4.79 Å². The minimum absolute atomic E-state index is 0.130. The molecular formula is C25H23Cl2N2O4S-. The number of hydrogen-bond donors (Lipinski definition) is 2. The molecule has 2 aliphatic heterocycles. The van der Waals surface area contributed by atoms with Gasteiger partial charge >= 0.3 is 5.97 Å². The Labute approximate surface area is 211 Å². The Bertz CT molecular complexity index is 1190. The van der Waals surface area contributed by atoms with Crippen molar-refractivity contribution in [1.82, 2.24) is 0 Å². The van der Waals surface area contributed by atoms with Gasteiger partial charge in [-0.15, -0.1) is 23.4 Å². The second kappa shape index (κ2) is 8.35. The van der Waals surface area contributed by atoms with Gasteiger partial charge in [0.25, 0.3) is 0 Å². The van der Waals surface area contributed by atoms with E-state index in [1.54, 1.807) is 24.3 Å². The number of nitrogens with zero attached hydrogens (tertiary/aromatic N) is 2. The summed E-state index contributed by atoms with van der Waals surface area (Å²) < 4.78 is 0. The van der Waals surface area contributed by atoms with E-state index in [1.807, 2.05) is 12.1 Å². The number of benzene rings is 2. The number of allylic oxidation sites excluding steroid dienone is 2. The van der Waals surface area contributed by atoms with Crippen molar-refractivity contribution in [2.45, 2.75) is 46.2 Å². The van der Waals surface area contributed by atoms with Crippen molar-refractivity contribution in [1.29, 1.82) is 0 Å². The molecule has 2 aromatic rings. The Balaban J connectivity index is 1.44. The summed E-state index contributed by atoms with van der Waals surface area (Å²) in [5, 5.41) is 31.6. The number of hydrogen-bond acceptors (Lipinski definition) is 6. The average Bonchev–Trinajstić information content (AvgIpc) is 3.38. The molecule has 1 saturated carbocycles. The lowest BCUT2D eigenvalue weighted by Crippen LogP contribution is -2.55. The predicted octanol–water partition coefficient (Wildman–Crippen LogP) is 5.85. The zero-order valence-corrected chi connectivity index (χ0v) is 20.4. The molecule has 34 heavy (non-hydrogen) atoms. The molecule has 2 heterocycles. The predicted molar refractivity (Wildman–Crippen MR) is 134 cm³/mol. The number of alkyl halides is 1. The van der Waals surface area contributed by atoms with Crippen molar-refractivity contribution in [3.8, 4) is 0 Å². The molecule has 178 valence electrons. The number of carbonyl (C=O) groups is 1. The van der Waals surface area contributed by atoms with E-state index < -0.39 is 12.0 Å². The maximum atomic E-state index is 12.7. The smallest absolute Gasteiger partial charge is 0.326 e. The van der Waals surface area contributed by atoms with Gasteiger partial charge in [-0.2, -0.15) is 0 Å². The highest BCUT2D eigenvalue weighted by atomic mass is 35.5. The van der Waals surface area contributed by atoms with Crippen LogP contribution in [0.15, 0.2) is 53.4 Å². The van der Waals surface area contributed by atoms with Gasteiger partial charge in [0.2, 0.25) is 0 Å². The molecule has 2 N–H and O–H groups in total. The van der Waals surface area contributed by atoms with Gasteiger partial charge in [-0.1, -0.05) is 35.9 Å². The van der Waals surface area contributed by atoms with Crippen molar-refractivity contribution < 1.29 is 15.1 Å². The van der Waals surface area contributed by atoms with Gasteiger partial charge in [-0.25, -0.2) is 4.79 Å². The summed E-state index contributed by atoms with van der Waals surface area (Å²) in [6, 6.07) is 10.1. The van der Waals surface area contributed by atoms with E-state index >= 15 is 0 Å². The number of carboxylic acids is 1. The molecule has 0 aromatic heterocycles. The van der Waals surface area contributed by atoms with Gasteiger partial charge in [0, 0.05) is 39.2 Å². The molecule has 0 saturated heterocycles. The van der Waals surface area contributed by atoms with E-state index in [1.165, 1.54) is 11.8 Å². The maximum absolute atomic E-state index is 12.7. The van der Waals surface area contributed by atoms with Gasteiger partial charge in [0.05, 0.1) is 11.1 Å². The first-order valence-corrected chi connectivity index (χ1v) is 13.1. The minimum Gasteiger partial charge on any atom is -0.733 e. The molecule has 1 fully saturated rings. The van der Waals surface area contributed by atoms with Crippen molar-refractivity contribution >= 4 is 52.3 Å². The van der Waals surface area contributed by atoms with Gasteiger partial charge < -0.3 is 20.4 Å². The van der Waals surface area contributed by atoms with E-state index in [-0.39, 0.29) is 39.3 Å². The molecule has 2 aromatic carbocycles. The number of aliphatic carboxylic acids is 1. The summed E-state index contributed by atoms with van der Waals surface area (Å²) in [5.41, 5.74) is 3.28. The van der Waals surface area contributed by atoms with E-state index in [2.05, 4.69) is 17.1 Å². The third-order valence-electron chi connectivity index (χ3n) is 7.87. The van der Waals surface area contributed by atoms with Crippen LogP contribution in [0.25, 0.3) is 0 Å². The molecule has 4 aliphatic rings. The highest BCUT2D eigenvalue weighted by Gasteiger charge is 2.56. The largest absolute Gasteiger partial charge is 0.733 e. The Morgan fingerprint density at radius 1 is 1.24 bits per heavy atom. The molecule has 0 amide bonds. The first kappa shape index (κ1) is 22.6. The van der Waals surface area contributed by atoms with Crippen molar-refractivity contribution in [3.63, 3.8) is 0 Å². The zero-order valence-electron chi connectivity index (χ0n) is 18.1. The zero-order chi connectivity index (χ0) is 23.7. The molecular weight excluding hydrogens is 495 g/mol. The Kier molecular flexibility index (Phi) is 5.54. The molecule has 6 rings (SSSR count). The molecule has 0 radical (unpaired) electrons. The number of thioether (sulfide) groups is 1. The fraction of sp³-hybridized carbons (Fsp3) is 0.400. The highest BCUT2D eigenvalue weighted by Crippen LogP contribution is 2.60. The first-order chi connectivity index (χ1) is 16.3. The van der Waals surface area contributed by atoms with Crippen LogP contribution in [0, 0.1) is 17.0 Å². The number of carboxylic acid groups (broad SMARTS) is 1. The summed E-state index contributed by atoms with van der Waals surface area (Å²) in [6.45, 7) is 0.697. The summed E-state index contributed by atoms with van der Waals surface area (Å²) >= 11 is 15.1. The lowest BCUT2D eigenvalue weighted by Gasteiger charge is -2.49. The molecule has 9 heteroatoms. The van der Waals surface area contributed by atoms with E-state index in [0.29, 0.717) is 28.8 Å². The minimum atomic E-state index is -0.832. The van der Waals surface area contributed by atoms with Crippen molar-refractivity contribution in [3.05, 3.63) is 69.9 Å². The molecule has 0 spiro atoms. The van der Waals surface area contributed by atoms with Crippen LogP contribution >= 0.6 is 35.0 Å². The summed E-state index contributed by atoms with van der Waals surface area (Å²) in [6.07, 6.45) is 5.93. The lowest BCUT2D eigenvalue weighted by molar-refractivity contribution is -0.140. The van der Waals surface area contributed by atoms with Crippen LogP contribution in [0.2, 0.25) is 5.02 Å². The lowest BCUT2D eigenvalue weighted by atomic mass is 9.72. The summed E-state index contributed by atoms with van der Waals surface area (Å²) in [7, 11) is 0. The van der Waals surface area contributed by atoms with Crippen LogP contribution in [0.4, 0.5) is 11.4 Å². The maximum Gasteiger partial charge on any atom is 0.326 e. The number of fused-ring (bicyclic) bond motifs is 4. The standard InChI is InChI=1S/C25H23Cl2N2O4S/c26-13-8-15-14-5-3-4-12(14)11-28-23(15)16(9-13)21-17(24(28)25(30)31)10-20(22(21)27)34-19-7-2-1-6-18(19)29(32)33/h1-3,5-9,12,14,17,20-22,24,32H,4,10-11H2,(H,30,31)/q-1/t12-,14-,17+,20-,21+,22-,24-/m0/s1. The number of rotatable bonds is 4. The highest BCUT2D eigenvalue weighted by molar-refractivity contribution is 8.00. The number of anilines is 2. The Morgan fingerprint density at radius 2 is 2.00 bits per heavy atom. The van der Waals surface area contributed by atoms with E-state index in [4.69, 9.17) is 23.2 Å². The molecule has 2 aliphatic carbocycles. The average molecular weight is 518 g/mol. The van der Waals surface area contributed by atoms with E-state index in [0.717, 1.165) is 23.2 Å². The van der Waals surface area contributed by atoms with Gasteiger partial charge in [-0.05, 0) is 60.1 Å². The second-order valence-electron chi connectivity index (χ2n) is 9.58. The van der Waals surface area contributed by atoms with Crippen LogP contribution in [0.3, 0.4) is 0 Å². The molecule has 7 atom stereocenters. The van der Waals surface area contributed by atoms with Gasteiger partial charge in [0.15, 0.2) is 0 Å². The number of para-hydroxylation sites is 1. The Morgan fingerprint density at radius 3 is 2.76 bits per heavy atom. The topological polar surface area (TPSA) is 87.1 Å². The van der Waals surface area contributed by atoms with Crippen LogP contribution in [0.5, 0.6) is 0 Å². The van der Waals surface area contributed by atoms with Crippen LogP contribution in [0.1, 0.15) is 35.8 Å². The van der Waals surface area contributed by atoms with Gasteiger partial charge in [-0.3, -0.25) is 5.21 Å². The van der Waals surface area contributed by atoms with Crippen molar-refractivity contribution in [2.24, 2.45) is 11.8 Å². The normalized spacial score (nSPS) is 32.8. The molecule has 0 bridgehead atoms. The first-order valence-electron chi connectivity index (χ1n) is 11.4. The third kappa shape index (κ3) is 3.36. The fourth-order valence-corrected chi connectivity index (χ4v) is 8.79. The van der Waals surface area contributed by atoms with Crippen molar-refractivity contribution in [2.75, 3.05) is 16.7 Å². The van der Waals surface area contributed by atoms with Crippen LogP contribution < -0.4 is 10.1 Å². The SMILES string of the molecule is O=C(O)[C@@H]1[C@@H]2C[C@H](Sc3ccccc3N([O-])O)[C@H](Cl)[C@@H]2c2cc(Cl)cc3c2N1C[C@@H]1CC=C[C@H]31. The monoisotopic (exact) mass is 517 g/mol. The number of halogens is 2. The van der Waals surface area contributed by atoms with E-state index in [9.17, 15) is 20.3 Å². The summed E-state index contributed by atoms with van der Waals surface area (Å²) in [4.78, 5) is 15.4. The Hall–Kier alpha value is -1.90. The second-order valence-corrected chi connectivity index (χ2v) is 11.8. The van der Waals surface area contributed by atoms with Gasteiger partial charge in [0.1, 0.15) is 6.04 Å². The fourth-order valence-electron chi connectivity index (χ4n) is 6.61. The third-order valence-corrected chi connectivity index (χ3v) is 10.2. The van der Waals surface area contributed by atoms with Crippen LogP contribution in [-0.4, -0.2) is 39.5 Å².